The van der Waals surface area contributed by atoms with E-state index in [9.17, 15) is 4.79 Å². The van der Waals surface area contributed by atoms with E-state index in [2.05, 4.69) is 15.2 Å². The van der Waals surface area contributed by atoms with E-state index < -0.39 is 0 Å². The largest absolute Gasteiger partial charge is 0.496 e. The Morgan fingerprint density at radius 2 is 1.97 bits per heavy atom. The van der Waals surface area contributed by atoms with Gasteiger partial charge in [-0.25, -0.2) is 4.98 Å². The molecule has 0 bridgehead atoms. The molecule has 0 unspecified atom stereocenters. The number of aryl methyl sites for hydroxylation is 1. The summed E-state index contributed by atoms with van der Waals surface area (Å²) in [6, 6.07) is 11.7. The van der Waals surface area contributed by atoms with Gasteiger partial charge in [-0.2, -0.15) is 5.10 Å². The molecule has 4 rings (SSSR count). The lowest BCUT2D eigenvalue weighted by atomic mass is 10.0. The minimum absolute atomic E-state index is 0.169. The minimum Gasteiger partial charge on any atom is -0.496 e. The topological polar surface area (TPSA) is 80.3 Å². The van der Waals surface area contributed by atoms with Gasteiger partial charge >= 0.3 is 0 Å². The van der Waals surface area contributed by atoms with Crippen molar-refractivity contribution in [3.63, 3.8) is 0 Å². The van der Waals surface area contributed by atoms with Crippen LogP contribution < -0.4 is 9.47 Å². The molecule has 3 heterocycles. The zero-order valence-corrected chi connectivity index (χ0v) is 17.4. The zero-order chi connectivity index (χ0) is 20.9. The average molecular weight is 406 g/mol. The third-order valence-corrected chi connectivity index (χ3v) is 5.57. The number of benzene rings is 1. The molecule has 0 saturated carbocycles. The van der Waals surface area contributed by atoms with Crippen molar-refractivity contribution in [1.29, 1.82) is 0 Å². The van der Waals surface area contributed by atoms with Crippen LogP contribution in [0.15, 0.2) is 42.6 Å². The SMILES string of the molecule is COc1cc(CCC(=O)N2CCc3[nH]nc(-c4ccccc4OC)c3CC2)ccn1. The highest BCUT2D eigenvalue weighted by Crippen LogP contribution is 2.33. The van der Waals surface area contributed by atoms with Crippen LogP contribution in [0.25, 0.3) is 11.3 Å². The van der Waals surface area contributed by atoms with E-state index in [1.54, 1.807) is 20.4 Å². The maximum atomic E-state index is 12.8. The van der Waals surface area contributed by atoms with Gasteiger partial charge in [0.05, 0.1) is 19.9 Å². The number of carbonyl (C=O) groups is 1. The van der Waals surface area contributed by atoms with Gasteiger partial charge in [-0.15, -0.1) is 0 Å². The number of H-pyrrole nitrogens is 1. The molecule has 1 aliphatic rings. The molecule has 30 heavy (non-hydrogen) atoms. The molecule has 1 aromatic carbocycles. The molecule has 1 N–H and O–H groups in total. The van der Waals surface area contributed by atoms with Crippen LogP contribution in [0.4, 0.5) is 0 Å². The normalized spacial score (nSPS) is 13.5. The van der Waals surface area contributed by atoms with Crippen molar-refractivity contribution >= 4 is 5.91 Å². The number of rotatable bonds is 6. The first-order chi connectivity index (χ1) is 14.7. The Kier molecular flexibility index (Phi) is 5.97. The van der Waals surface area contributed by atoms with E-state index in [1.165, 1.54) is 5.56 Å². The fourth-order valence-electron chi connectivity index (χ4n) is 3.92. The molecular weight excluding hydrogens is 380 g/mol. The second kappa shape index (κ2) is 8.98. The summed E-state index contributed by atoms with van der Waals surface area (Å²) >= 11 is 0. The third-order valence-electron chi connectivity index (χ3n) is 5.57. The second-order valence-electron chi connectivity index (χ2n) is 7.32. The smallest absolute Gasteiger partial charge is 0.222 e. The molecule has 7 nitrogen and oxygen atoms in total. The van der Waals surface area contributed by atoms with Gasteiger partial charge in [0.2, 0.25) is 11.8 Å². The van der Waals surface area contributed by atoms with Gasteiger partial charge in [-0.3, -0.25) is 9.89 Å². The molecule has 0 spiro atoms. The standard InChI is InChI=1S/C23H26N4O3/c1-29-20-6-4-3-5-18(20)23-17-10-13-27(14-11-19(17)25-26-23)22(28)8-7-16-9-12-24-21(15-16)30-2/h3-6,9,12,15H,7-8,10-11,13-14H2,1-2H3,(H,25,26). The van der Waals surface area contributed by atoms with Gasteiger partial charge in [0.25, 0.3) is 0 Å². The van der Waals surface area contributed by atoms with Gasteiger partial charge in [0.15, 0.2) is 0 Å². The van der Waals surface area contributed by atoms with Crippen LogP contribution in [0.1, 0.15) is 23.2 Å². The minimum atomic E-state index is 0.169. The number of para-hydroxylation sites is 1. The highest BCUT2D eigenvalue weighted by molar-refractivity contribution is 5.77. The monoisotopic (exact) mass is 406 g/mol. The molecule has 1 aliphatic heterocycles. The highest BCUT2D eigenvalue weighted by Gasteiger charge is 2.24. The summed E-state index contributed by atoms with van der Waals surface area (Å²) < 4.78 is 10.7. The van der Waals surface area contributed by atoms with Crippen molar-refractivity contribution in [3.8, 4) is 22.9 Å². The van der Waals surface area contributed by atoms with Crippen LogP contribution in [0, 0.1) is 0 Å². The third kappa shape index (κ3) is 4.15. The fourth-order valence-corrected chi connectivity index (χ4v) is 3.92. The summed E-state index contributed by atoms with van der Waals surface area (Å²) in [4.78, 5) is 18.9. The Hall–Kier alpha value is -3.35. The van der Waals surface area contributed by atoms with E-state index in [0.29, 0.717) is 31.8 Å². The quantitative estimate of drug-likeness (QED) is 0.681. The predicted octanol–water partition coefficient (Wildman–Crippen LogP) is 3.05. The number of hydrogen-bond donors (Lipinski definition) is 1. The first kappa shape index (κ1) is 19.9. The second-order valence-corrected chi connectivity index (χ2v) is 7.32. The molecule has 2 aromatic heterocycles. The van der Waals surface area contributed by atoms with Crippen molar-refractivity contribution in [2.24, 2.45) is 0 Å². The Bertz CT molecular complexity index is 1030. The van der Waals surface area contributed by atoms with Crippen LogP contribution >= 0.6 is 0 Å². The van der Waals surface area contributed by atoms with Crippen LogP contribution in [0.5, 0.6) is 11.6 Å². The lowest BCUT2D eigenvalue weighted by Gasteiger charge is -2.20. The number of nitrogens with zero attached hydrogens (tertiary/aromatic N) is 3. The van der Waals surface area contributed by atoms with E-state index in [4.69, 9.17) is 9.47 Å². The summed E-state index contributed by atoms with van der Waals surface area (Å²) in [5.41, 5.74) is 5.22. The number of amides is 1. The average Bonchev–Trinajstić information content (AvgIpc) is 3.08. The number of nitrogens with one attached hydrogen (secondary N) is 1. The molecule has 0 radical (unpaired) electrons. The van der Waals surface area contributed by atoms with Crippen molar-refractivity contribution < 1.29 is 14.3 Å². The molecule has 0 fully saturated rings. The summed E-state index contributed by atoms with van der Waals surface area (Å²) in [6.07, 6.45) is 4.40. The summed E-state index contributed by atoms with van der Waals surface area (Å²) in [5, 5.41) is 7.74. The molecule has 1 amide bonds. The Labute approximate surface area is 176 Å². The number of methoxy groups -OCH3 is 2. The summed E-state index contributed by atoms with van der Waals surface area (Å²) in [5.74, 6) is 1.55. The molecular formula is C23H26N4O3. The first-order valence-corrected chi connectivity index (χ1v) is 10.2. The number of fused-ring (bicyclic) bond motifs is 1. The summed E-state index contributed by atoms with van der Waals surface area (Å²) in [6.45, 7) is 1.38. The van der Waals surface area contributed by atoms with Gasteiger partial charge in [-0.05, 0) is 36.6 Å². The molecule has 7 heteroatoms. The maximum absolute atomic E-state index is 12.8. The van der Waals surface area contributed by atoms with Gasteiger partial charge < -0.3 is 14.4 Å². The number of aromatic amines is 1. The lowest BCUT2D eigenvalue weighted by Crippen LogP contribution is -2.33. The predicted molar refractivity (Wildman–Crippen MR) is 114 cm³/mol. The number of carbonyl (C=O) groups excluding carboxylic acids is 1. The fraction of sp³-hybridized carbons (Fsp3) is 0.348. The molecule has 0 saturated heterocycles. The Balaban J connectivity index is 1.43. The van der Waals surface area contributed by atoms with Crippen LogP contribution in [-0.2, 0) is 24.1 Å². The highest BCUT2D eigenvalue weighted by atomic mass is 16.5. The Morgan fingerprint density at radius 1 is 1.13 bits per heavy atom. The number of hydrogen-bond acceptors (Lipinski definition) is 5. The molecule has 3 aromatic rings. The van der Waals surface area contributed by atoms with Crippen molar-refractivity contribution in [2.45, 2.75) is 25.7 Å². The zero-order valence-electron chi connectivity index (χ0n) is 17.4. The van der Waals surface area contributed by atoms with Crippen LogP contribution in [-0.4, -0.2) is 53.3 Å². The number of ether oxygens (including phenoxy) is 2. The van der Waals surface area contributed by atoms with Crippen molar-refractivity contribution in [3.05, 3.63) is 59.4 Å². The number of aromatic nitrogens is 3. The summed E-state index contributed by atoms with van der Waals surface area (Å²) in [7, 11) is 3.26. The molecule has 0 aliphatic carbocycles. The van der Waals surface area contributed by atoms with Crippen LogP contribution in [0.3, 0.4) is 0 Å². The van der Waals surface area contributed by atoms with Crippen molar-refractivity contribution in [2.75, 3.05) is 27.3 Å². The van der Waals surface area contributed by atoms with E-state index >= 15 is 0 Å². The van der Waals surface area contributed by atoms with E-state index in [-0.39, 0.29) is 5.91 Å². The lowest BCUT2D eigenvalue weighted by molar-refractivity contribution is -0.131. The van der Waals surface area contributed by atoms with Gasteiger partial charge in [0, 0.05) is 55.0 Å². The van der Waals surface area contributed by atoms with E-state index in [0.717, 1.165) is 41.1 Å². The molecule has 156 valence electrons. The maximum Gasteiger partial charge on any atom is 0.222 e. The number of pyridine rings is 1. The van der Waals surface area contributed by atoms with Crippen LogP contribution in [0.2, 0.25) is 0 Å². The van der Waals surface area contributed by atoms with E-state index in [1.807, 2.05) is 41.3 Å². The van der Waals surface area contributed by atoms with Gasteiger partial charge in [0.1, 0.15) is 5.75 Å². The van der Waals surface area contributed by atoms with Gasteiger partial charge in [-0.1, -0.05) is 12.1 Å². The first-order valence-electron chi connectivity index (χ1n) is 10.2. The van der Waals surface area contributed by atoms with Crippen molar-refractivity contribution in [1.82, 2.24) is 20.1 Å². The Morgan fingerprint density at radius 3 is 2.80 bits per heavy atom. The molecule has 0 atom stereocenters.